The van der Waals surface area contributed by atoms with Gasteiger partial charge in [-0.25, -0.2) is 4.79 Å². The Kier molecular flexibility index (Phi) is 3.46. The van der Waals surface area contributed by atoms with Gasteiger partial charge in [-0.2, -0.15) is 0 Å². The highest BCUT2D eigenvalue weighted by Gasteiger charge is 2.12. The van der Waals surface area contributed by atoms with E-state index in [1.807, 2.05) is 44.2 Å². The molecule has 0 bridgehead atoms. The maximum absolute atomic E-state index is 11.0. The highest BCUT2D eigenvalue weighted by atomic mass is 16.4. The van der Waals surface area contributed by atoms with Crippen molar-refractivity contribution in [1.82, 2.24) is 0 Å². The Balaban J connectivity index is 3.21. The van der Waals surface area contributed by atoms with Crippen LogP contribution in [0.15, 0.2) is 35.9 Å². The van der Waals surface area contributed by atoms with Gasteiger partial charge in [0.25, 0.3) is 0 Å². The van der Waals surface area contributed by atoms with E-state index in [1.54, 1.807) is 0 Å². The predicted octanol–water partition coefficient (Wildman–Crippen LogP) is 2.95. The van der Waals surface area contributed by atoms with Crippen molar-refractivity contribution in [2.45, 2.75) is 20.3 Å². The minimum atomic E-state index is -0.851. The zero-order valence-corrected chi connectivity index (χ0v) is 8.45. The predicted molar refractivity (Wildman–Crippen MR) is 57.0 cm³/mol. The van der Waals surface area contributed by atoms with Crippen LogP contribution in [-0.2, 0) is 4.79 Å². The molecule has 0 radical (unpaired) electrons. The molecule has 1 N–H and O–H groups in total. The van der Waals surface area contributed by atoms with Crippen LogP contribution in [0.2, 0.25) is 0 Å². The maximum atomic E-state index is 11.0. The summed E-state index contributed by atoms with van der Waals surface area (Å²) >= 11 is 0. The number of aliphatic carboxylic acids is 1. The Hall–Kier alpha value is -1.57. The lowest BCUT2D eigenvalue weighted by molar-refractivity contribution is -0.130. The van der Waals surface area contributed by atoms with Crippen molar-refractivity contribution in [3.8, 4) is 0 Å². The minimum Gasteiger partial charge on any atom is -0.478 e. The number of carboxylic acids is 1. The largest absolute Gasteiger partial charge is 0.478 e. The Bertz CT molecular complexity index is 350. The Labute approximate surface area is 83.9 Å². The summed E-state index contributed by atoms with van der Waals surface area (Å²) in [6.07, 6.45) is 0.760. The first-order valence-corrected chi connectivity index (χ1v) is 4.65. The van der Waals surface area contributed by atoms with Gasteiger partial charge >= 0.3 is 5.97 Å². The average Bonchev–Trinajstić information content (AvgIpc) is 2.19. The Morgan fingerprint density at radius 2 is 1.86 bits per heavy atom. The summed E-state index contributed by atoms with van der Waals surface area (Å²) < 4.78 is 0. The lowest BCUT2D eigenvalue weighted by atomic mass is 9.99. The molecule has 2 heteroatoms. The number of benzene rings is 1. The fourth-order valence-corrected chi connectivity index (χ4v) is 1.33. The van der Waals surface area contributed by atoms with Crippen LogP contribution < -0.4 is 0 Å². The molecule has 0 spiro atoms. The normalized spacial score (nSPS) is 12.1. The van der Waals surface area contributed by atoms with Crippen molar-refractivity contribution in [2.24, 2.45) is 0 Å². The lowest BCUT2D eigenvalue weighted by Crippen LogP contribution is -2.02. The smallest absolute Gasteiger partial charge is 0.336 e. The summed E-state index contributed by atoms with van der Waals surface area (Å²) in [5.41, 5.74) is 2.11. The van der Waals surface area contributed by atoms with Gasteiger partial charge in [0.05, 0.1) is 5.57 Å². The Morgan fingerprint density at radius 3 is 2.29 bits per heavy atom. The number of carbonyl (C=O) groups is 1. The van der Waals surface area contributed by atoms with Crippen LogP contribution in [-0.4, -0.2) is 11.1 Å². The molecule has 1 rings (SSSR count). The Morgan fingerprint density at radius 1 is 1.29 bits per heavy atom. The third kappa shape index (κ3) is 2.22. The van der Waals surface area contributed by atoms with Gasteiger partial charge in [0, 0.05) is 0 Å². The fourth-order valence-electron chi connectivity index (χ4n) is 1.33. The summed E-state index contributed by atoms with van der Waals surface area (Å²) in [4.78, 5) is 11.0. The molecule has 0 aliphatic carbocycles. The zero-order chi connectivity index (χ0) is 10.6. The van der Waals surface area contributed by atoms with Gasteiger partial charge in [-0.15, -0.1) is 0 Å². The first-order valence-electron chi connectivity index (χ1n) is 4.65. The number of allylic oxidation sites excluding steroid dienone is 1. The molecule has 2 nitrogen and oxygen atoms in total. The second-order valence-corrected chi connectivity index (χ2v) is 3.18. The van der Waals surface area contributed by atoms with Gasteiger partial charge in [-0.1, -0.05) is 42.8 Å². The van der Waals surface area contributed by atoms with E-state index in [2.05, 4.69) is 0 Å². The lowest BCUT2D eigenvalue weighted by Gasteiger charge is -2.06. The number of hydrogen-bond donors (Lipinski definition) is 1. The van der Waals surface area contributed by atoms with E-state index in [0.717, 1.165) is 17.6 Å². The van der Waals surface area contributed by atoms with Crippen LogP contribution in [0.4, 0.5) is 0 Å². The molecule has 0 saturated carbocycles. The van der Waals surface area contributed by atoms with E-state index in [0.29, 0.717) is 5.57 Å². The van der Waals surface area contributed by atoms with Gasteiger partial charge in [-0.3, -0.25) is 0 Å². The minimum absolute atomic E-state index is 0.424. The van der Waals surface area contributed by atoms with Gasteiger partial charge in [0.15, 0.2) is 0 Å². The highest BCUT2D eigenvalue weighted by Crippen LogP contribution is 2.20. The van der Waals surface area contributed by atoms with Gasteiger partial charge in [-0.05, 0) is 18.9 Å². The molecule has 74 valence electrons. The van der Waals surface area contributed by atoms with Crippen LogP contribution >= 0.6 is 0 Å². The van der Waals surface area contributed by atoms with E-state index in [1.165, 1.54) is 0 Å². The molecule has 1 aromatic rings. The van der Waals surface area contributed by atoms with E-state index >= 15 is 0 Å². The second-order valence-electron chi connectivity index (χ2n) is 3.18. The molecule has 0 amide bonds. The van der Waals surface area contributed by atoms with Crippen LogP contribution in [0.5, 0.6) is 0 Å². The molecule has 0 saturated heterocycles. The summed E-state index contributed by atoms with van der Waals surface area (Å²) in [6.45, 7) is 3.82. The second kappa shape index (κ2) is 4.61. The fraction of sp³-hybridized carbons (Fsp3) is 0.250. The van der Waals surface area contributed by atoms with Crippen LogP contribution in [0.3, 0.4) is 0 Å². The topological polar surface area (TPSA) is 37.3 Å². The summed E-state index contributed by atoms with van der Waals surface area (Å²) in [5.74, 6) is -0.851. The third-order valence-corrected chi connectivity index (χ3v) is 2.23. The summed E-state index contributed by atoms with van der Waals surface area (Å²) in [6, 6.07) is 9.22. The van der Waals surface area contributed by atoms with E-state index in [4.69, 9.17) is 5.11 Å². The first-order chi connectivity index (χ1) is 6.66. The molecular formula is C12H14O2. The standard InChI is InChI=1S/C12H14O2/c1-3-9(2)11(12(13)14)10-7-5-4-6-8-10/h4-8H,3H2,1-2H3,(H,13,14). The number of carboxylic acid groups (broad SMARTS) is 1. The molecule has 0 aliphatic rings. The van der Waals surface area contributed by atoms with E-state index < -0.39 is 5.97 Å². The molecule has 14 heavy (non-hydrogen) atoms. The van der Waals surface area contributed by atoms with E-state index in [-0.39, 0.29) is 0 Å². The first kappa shape index (κ1) is 10.5. The highest BCUT2D eigenvalue weighted by molar-refractivity contribution is 6.16. The maximum Gasteiger partial charge on any atom is 0.336 e. The molecule has 0 heterocycles. The SMILES string of the molecule is CCC(C)=C(C(=O)O)c1ccccc1. The summed E-state index contributed by atoms with van der Waals surface area (Å²) in [7, 11) is 0. The van der Waals surface area contributed by atoms with Crippen molar-refractivity contribution >= 4 is 11.5 Å². The quantitative estimate of drug-likeness (QED) is 0.744. The molecular weight excluding hydrogens is 176 g/mol. The summed E-state index contributed by atoms with van der Waals surface area (Å²) in [5, 5.41) is 9.07. The molecule has 0 atom stereocenters. The third-order valence-electron chi connectivity index (χ3n) is 2.23. The number of hydrogen-bond acceptors (Lipinski definition) is 1. The molecule has 1 aromatic carbocycles. The van der Waals surface area contributed by atoms with Crippen molar-refractivity contribution in [2.75, 3.05) is 0 Å². The van der Waals surface area contributed by atoms with Crippen molar-refractivity contribution in [1.29, 1.82) is 0 Å². The molecule has 0 aromatic heterocycles. The van der Waals surface area contributed by atoms with E-state index in [9.17, 15) is 4.79 Å². The monoisotopic (exact) mass is 190 g/mol. The van der Waals surface area contributed by atoms with Gasteiger partial charge < -0.3 is 5.11 Å². The van der Waals surface area contributed by atoms with Crippen LogP contribution in [0.25, 0.3) is 5.57 Å². The van der Waals surface area contributed by atoms with Crippen molar-refractivity contribution in [3.05, 3.63) is 41.5 Å². The average molecular weight is 190 g/mol. The number of rotatable bonds is 3. The zero-order valence-electron chi connectivity index (χ0n) is 8.45. The molecule has 0 fully saturated rings. The van der Waals surface area contributed by atoms with Crippen LogP contribution in [0.1, 0.15) is 25.8 Å². The van der Waals surface area contributed by atoms with Crippen molar-refractivity contribution < 1.29 is 9.90 Å². The van der Waals surface area contributed by atoms with Gasteiger partial charge in [0.1, 0.15) is 0 Å². The molecule has 0 aliphatic heterocycles. The van der Waals surface area contributed by atoms with Crippen molar-refractivity contribution in [3.63, 3.8) is 0 Å². The van der Waals surface area contributed by atoms with Gasteiger partial charge in [0.2, 0.25) is 0 Å². The van der Waals surface area contributed by atoms with Crippen LogP contribution in [0, 0.1) is 0 Å². The molecule has 0 unspecified atom stereocenters.